The van der Waals surface area contributed by atoms with Gasteiger partial charge in [0.05, 0.1) is 20.3 Å². The third-order valence-electron chi connectivity index (χ3n) is 3.56. The molecule has 0 unspecified atom stereocenters. The molecule has 2 aromatic rings. The lowest BCUT2D eigenvalue weighted by Crippen LogP contribution is -2.32. The predicted octanol–water partition coefficient (Wildman–Crippen LogP) is 4.14. The van der Waals surface area contributed by atoms with Gasteiger partial charge in [-0.25, -0.2) is 0 Å². The van der Waals surface area contributed by atoms with Gasteiger partial charge in [-0.15, -0.1) is 0 Å². The number of nitrogens with one attached hydrogen (secondary N) is 2. The molecule has 0 heterocycles. The summed E-state index contributed by atoms with van der Waals surface area (Å²) >= 11 is 5.43. The second kappa shape index (κ2) is 8.39. The molecule has 0 spiro atoms. The molecule has 23 heavy (non-hydrogen) atoms. The van der Waals surface area contributed by atoms with Crippen molar-refractivity contribution in [3.8, 4) is 11.5 Å². The van der Waals surface area contributed by atoms with Crippen molar-refractivity contribution in [1.82, 2.24) is 5.32 Å². The van der Waals surface area contributed by atoms with Crippen molar-refractivity contribution in [2.45, 2.75) is 19.4 Å². The van der Waals surface area contributed by atoms with Crippen LogP contribution >= 0.6 is 12.2 Å². The largest absolute Gasteiger partial charge is 0.493 e. The zero-order valence-corrected chi connectivity index (χ0v) is 14.4. The van der Waals surface area contributed by atoms with E-state index < -0.39 is 0 Å². The summed E-state index contributed by atoms with van der Waals surface area (Å²) in [7, 11) is 3.23. The number of rotatable bonds is 6. The number of hydrogen-bond donors (Lipinski definition) is 2. The molecule has 0 amide bonds. The van der Waals surface area contributed by atoms with Crippen LogP contribution in [-0.2, 0) is 0 Å². The van der Waals surface area contributed by atoms with Gasteiger partial charge >= 0.3 is 0 Å². The lowest BCUT2D eigenvalue weighted by atomic mass is 10.1. The molecule has 0 aliphatic heterocycles. The monoisotopic (exact) mass is 330 g/mol. The predicted molar refractivity (Wildman–Crippen MR) is 98.4 cm³/mol. The number of ether oxygens (including phenoxy) is 2. The Morgan fingerprint density at radius 3 is 2.35 bits per heavy atom. The molecular weight excluding hydrogens is 308 g/mol. The number of thiocarbonyl (C=S) groups is 1. The summed E-state index contributed by atoms with van der Waals surface area (Å²) in [4.78, 5) is 0. The number of methoxy groups -OCH3 is 2. The Bertz CT molecular complexity index is 647. The smallest absolute Gasteiger partial charge is 0.171 e. The summed E-state index contributed by atoms with van der Waals surface area (Å²) in [5, 5.41) is 7.11. The molecule has 1 atom stereocenters. The van der Waals surface area contributed by atoms with E-state index in [2.05, 4.69) is 29.7 Å². The van der Waals surface area contributed by atoms with E-state index in [0.717, 1.165) is 12.1 Å². The molecule has 0 radical (unpaired) electrons. The average Bonchev–Trinajstić information content (AvgIpc) is 2.60. The molecule has 0 bridgehead atoms. The molecule has 0 saturated heterocycles. The fourth-order valence-corrected chi connectivity index (χ4v) is 2.61. The highest BCUT2D eigenvalue weighted by molar-refractivity contribution is 7.80. The van der Waals surface area contributed by atoms with E-state index in [1.54, 1.807) is 14.2 Å². The molecule has 0 fully saturated rings. The summed E-state index contributed by atoms with van der Waals surface area (Å²) in [6, 6.07) is 16.1. The SMILES string of the molecule is CC[C@@H](NC(=S)Nc1ccc(OC)c(OC)c1)c1ccccc1. The first-order valence-corrected chi connectivity index (χ1v) is 7.93. The van der Waals surface area contributed by atoms with Crippen LogP contribution in [-0.4, -0.2) is 19.3 Å². The molecular formula is C18H22N2O2S. The Balaban J connectivity index is 2.04. The Morgan fingerprint density at radius 1 is 1.04 bits per heavy atom. The number of hydrogen-bond acceptors (Lipinski definition) is 3. The van der Waals surface area contributed by atoms with Gasteiger partial charge in [-0.3, -0.25) is 0 Å². The van der Waals surface area contributed by atoms with Crippen LogP contribution in [0.3, 0.4) is 0 Å². The van der Waals surface area contributed by atoms with Gasteiger partial charge in [0.15, 0.2) is 16.6 Å². The second-order valence-electron chi connectivity index (χ2n) is 5.04. The van der Waals surface area contributed by atoms with Crippen molar-refractivity contribution in [1.29, 1.82) is 0 Å². The maximum absolute atomic E-state index is 5.43. The van der Waals surface area contributed by atoms with Crippen LogP contribution in [0.2, 0.25) is 0 Å². The summed E-state index contributed by atoms with van der Waals surface area (Å²) in [5.74, 6) is 1.35. The Labute approximate surface area is 142 Å². The number of anilines is 1. The molecule has 2 N–H and O–H groups in total. The average molecular weight is 330 g/mol. The summed E-state index contributed by atoms with van der Waals surface area (Å²) in [5.41, 5.74) is 2.06. The van der Waals surface area contributed by atoms with E-state index in [9.17, 15) is 0 Å². The third kappa shape index (κ3) is 4.60. The van der Waals surface area contributed by atoms with Crippen LogP contribution in [0, 0.1) is 0 Å². The fourth-order valence-electron chi connectivity index (χ4n) is 2.35. The zero-order valence-electron chi connectivity index (χ0n) is 13.6. The fraction of sp³-hybridized carbons (Fsp3) is 0.278. The highest BCUT2D eigenvalue weighted by Gasteiger charge is 2.11. The van der Waals surface area contributed by atoms with E-state index in [-0.39, 0.29) is 6.04 Å². The van der Waals surface area contributed by atoms with E-state index in [1.807, 2.05) is 36.4 Å². The zero-order chi connectivity index (χ0) is 16.7. The molecule has 0 aromatic heterocycles. The van der Waals surface area contributed by atoms with Crippen molar-refractivity contribution in [3.05, 3.63) is 54.1 Å². The van der Waals surface area contributed by atoms with E-state index in [4.69, 9.17) is 21.7 Å². The molecule has 2 rings (SSSR count). The Morgan fingerprint density at radius 2 is 1.74 bits per heavy atom. The first kappa shape index (κ1) is 17.1. The van der Waals surface area contributed by atoms with Crippen molar-refractivity contribution < 1.29 is 9.47 Å². The van der Waals surface area contributed by atoms with Gasteiger partial charge in [0, 0.05) is 11.8 Å². The molecule has 0 aliphatic rings. The lowest BCUT2D eigenvalue weighted by molar-refractivity contribution is 0.355. The topological polar surface area (TPSA) is 42.5 Å². The van der Waals surface area contributed by atoms with Crippen LogP contribution in [0.4, 0.5) is 5.69 Å². The van der Waals surface area contributed by atoms with Crippen molar-refractivity contribution in [3.63, 3.8) is 0 Å². The minimum atomic E-state index is 0.177. The minimum absolute atomic E-state index is 0.177. The molecule has 2 aromatic carbocycles. The first-order chi connectivity index (χ1) is 11.2. The van der Waals surface area contributed by atoms with Gasteiger partial charge in [-0.05, 0) is 36.3 Å². The van der Waals surface area contributed by atoms with Crippen molar-refractivity contribution in [2.24, 2.45) is 0 Å². The Hall–Kier alpha value is -2.27. The highest BCUT2D eigenvalue weighted by Crippen LogP contribution is 2.29. The number of benzene rings is 2. The van der Waals surface area contributed by atoms with Crippen molar-refractivity contribution in [2.75, 3.05) is 19.5 Å². The quantitative estimate of drug-likeness (QED) is 0.779. The van der Waals surface area contributed by atoms with Gasteiger partial charge in [-0.2, -0.15) is 0 Å². The molecule has 122 valence electrons. The molecule has 5 heteroatoms. The van der Waals surface area contributed by atoms with Crippen LogP contribution in [0.5, 0.6) is 11.5 Å². The van der Waals surface area contributed by atoms with Gasteiger partial charge in [0.1, 0.15) is 0 Å². The van der Waals surface area contributed by atoms with Gasteiger partial charge in [0.2, 0.25) is 0 Å². The summed E-state index contributed by atoms with van der Waals surface area (Å²) in [6.45, 7) is 2.13. The summed E-state index contributed by atoms with van der Waals surface area (Å²) < 4.78 is 10.5. The van der Waals surface area contributed by atoms with Gasteiger partial charge in [-0.1, -0.05) is 37.3 Å². The van der Waals surface area contributed by atoms with Crippen molar-refractivity contribution >= 4 is 23.0 Å². The maximum atomic E-state index is 5.43. The highest BCUT2D eigenvalue weighted by atomic mass is 32.1. The summed E-state index contributed by atoms with van der Waals surface area (Å²) in [6.07, 6.45) is 0.942. The van der Waals surface area contributed by atoms with Crippen LogP contribution in [0.15, 0.2) is 48.5 Å². The molecule has 0 saturated carbocycles. The third-order valence-corrected chi connectivity index (χ3v) is 3.78. The van der Waals surface area contributed by atoms with Crippen LogP contribution in [0.25, 0.3) is 0 Å². The van der Waals surface area contributed by atoms with Gasteiger partial charge in [0.25, 0.3) is 0 Å². The molecule has 0 aliphatic carbocycles. The van der Waals surface area contributed by atoms with E-state index >= 15 is 0 Å². The van der Waals surface area contributed by atoms with Gasteiger partial charge < -0.3 is 20.1 Å². The van der Waals surface area contributed by atoms with E-state index in [1.165, 1.54) is 5.56 Å². The standard InChI is InChI=1S/C18H22N2O2S/c1-4-15(13-8-6-5-7-9-13)20-18(23)19-14-10-11-16(21-2)17(12-14)22-3/h5-12,15H,4H2,1-3H3,(H2,19,20,23)/t15-/m1/s1. The van der Waals surface area contributed by atoms with E-state index in [0.29, 0.717) is 16.6 Å². The van der Waals surface area contributed by atoms with Crippen LogP contribution in [0.1, 0.15) is 24.9 Å². The minimum Gasteiger partial charge on any atom is -0.493 e. The lowest BCUT2D eigenvalue weighted by Gasteiger charge is -2.20. The van der Waals surface area contributed by atoms with Crippen LogP contribution < -0.4 is 20.1 Å². The second-order valence-corrected chi connectivity index (χ2v) is 5.45. The Kier molecular flexibility index (Phi) is 6.23. The maximum Gasteiger partial charge on any atom is 0.171 e. The normalized spacial score (nSPS) is 11.4. The molecule has 4 nitrogen and oxygen atoms in total. The first-order valence-electron chi connectivity index (χ1n) is 7.52.